The van der Waals surface area contributed by atoms with Crippen LogP contribution in [0.25, 0.3) is 16.9 Å². The fourth-order valence-electron chi connectivity index (χ4n) is 1.88. The maximum absolute atomic E-state index is 11.8. The molecule has 0 spiro atoms. The molecule has 0 aliphatic rings. The summed E-state index contributed by atoms with van der Waals surface area (Å²) in [5, 5.41) is 2.82. The van der Waals surface area contributed by atoms with Gasteiger partial charge in [-0.2, -0.15) is 0 Å². The molecule has 0 unspecified atom stereocenters. The summed E-state index contributed by atoms with van der Waals surface area (Å²) in [5.74, 6) is 0. The molecule has 17 heavy (non-hydrogen) atoms. The maximum atomic E-state index is 11.8. The molecule has 84 valence electrons. The van der Waals surface area contributed by atoms with E-state index in [1.165, 1.54) is 10.6 Å². The number of aromatic nitrogens is 3. The third-order valence-electron chi connectivity index (χ3n) is 2.69. The molecule has 0 bridgehead atoms. The normalized spacial score (nSPS) is 10.9. The molecule has 0 aliphatic heterocycles. The highest BCUT2D eigenvalue weighted by Gasteiger charge is 2.04. The van der Waals surface area contributed by atoms with Crippen molar-refractivity contribution in [1.82, 2.24) is 14.6 Å². The van der Waals surface area contributed by atoms with Crippen LogP contribution in [0.4, 0.5) is 0 Å². The van der Waals surface area contributed by atoms with Gasteiger partial charge in [0.05, 0.1) is 5.69 Å². The Hall–Kier alpha value is -2.36. The monoisotopic (exact) mass is 225 g/mol. The first-order valence-corrected chi connectivity index (χ1v) is 5.38. The number of H-pyrrole nitrogens is 1. The lowest BCUT2D eigenvalue weighted by atomic mass is 10.1. The minimum Gasteiger partial charge on any atom is -0.297 e. The van der Waals surface area contributed by atoms with Gasteiger partial charge in [0.2, 0.25) is 0 Å². The van der Waals surface area contributed by atoms with Crippen molar-refractivity contribution in [3.05, 3.63) is 58.5 Å². The number of hydrogen-bond acceptors (Lipinski definition) is 2. The van der Waals surface area contributed by atoms with Gasteiger partial charge >= 0.3 is 0 Å². The minimum absolute atomic E-state index is 0.100. The first kappa shape index (κ1) is 9.84. The molecule has 0 saturated heterocycles. The number of benzene rings is 1. The summed E-state index contributed by atoms with van der Waals surface area (Å²) in [7, 11) is 0. The predicted octanol–water partition coefficient (Wildman–Crippen LogP) is 2.00. The molecule has 4 heteroatoms. The highest BCUT2D eigenvalue weighted by atomic mass is 16.1. The van der Waals surface area contributed by atoms with Crippen LogP contribution in [0.2, 0.25) is 0 Å². The Labute approximate surface area is 97.5 Å². The molecule has 0 aliphatic carbocycles. The Morgan fingerprint density at radius 2 is 2.12 bits per heavy atom. The molecule has 0 fully saturated rings. The first-order chi connectivity index (χ1) is 8.24. The smallest absolute Gasteiger partial charge is 0.273 e. The Morgan fingerprint density at radius 3 is 2.94 bits per heavy atom. The van der Waals surface area contributed by atoms with Crippen LogP contribution in [0.3, 0.4) is 0 Å². The van der Waals surface area contributed by atoms with Crippen molar-refractivity contribution < 1.29 is 0 Å². The zero-order valence-corrected chi connectivity index (χ0v) is 9.34. The Bertz CT molecular complexity index is 740. The zero-order chi connectivity index (χ0) is 11.8. The highest BCUT2D eigenvalue weighted by Crippen LogP contribution is 2.17. The molecule has 3 rings (SSSR count). The van der Waals surface area contributed by atoms with Crippen molar-refractivity contribution in [2.24, 2.45) is 0 Å². The lowest BCUT2D eigenvalue weighted by Gasteiger charge is -2.02. The van der Waals surface area contributed by atoms with Gasteiger partial charge in [0.1, 0.15) is 0 Å². The number of rotatable bonds is 1. The van der Waals surface area contributed by atoms with Crippen LogP contribution >= 0.6 is 0 Å². The second kappa shape index (κ2) is 3.59. The molecular weight excluding hydrogens is 214 g/mol. The molecule has 0 amide bonds. The van der Waals surface area contributed by atoms with Crippen molar-refractivity contribution >= 4 is 5.65 Å². The van der Waals surface area contributed by atoms with E-state index in [1.807, 2.05) is 31.2 Å². The fraction of sp³-hybridized carbons (Fsp3) is 0.0769. The fourth-order valence-corrected chi connectivity index (χ4v) is 1.88. The number of aromatic amines is 1. The quantitative estimate of drug-likeness (QED) is 0.688. The molecule has 0 saturated carbocycles. The van der Waals surface area contributed by atoms with Gasteiger partial charge in [0, 0.05) is 23.9 Å². The summed E-state index contributed by atoms with van der Waals surface area (Å²) in [6, 6.07) is 11.3. The van der Waals surface area contributed by atoms with Gasteiger partial charge in [-0.1, -0.05) is 23.8 Å². The number of nitrogens with zero attached hydrogens (tertiary/aromatic N) is 2. The third kappa shape index (κ3) is 1.63. The van der Waals surface area contributed by atoms with Gasteiger partial charge in [-0.25, -0.2) is 9.50 Å². The van der Waals surface area contributed by atoms with E-state index in [-0.39, 0.29) is 5.56 Å². The van der Waals surface area contributed by atoms with Crippen LogP contribution in [-0.2, 0) is 0 Å². The third-order valence-corrected chi connectivity index (χ3v) is 2.69. The number of fused-ring (bicyclic) bond motifs is 1. The van der Waals surface area contributed by atoms with E-state index in [2.05, 4.69) is 10.1 Å². The lowest BCUT2D eigenvalue weighted by Crippen LogP contribution is -2.13. The van der Waals surface area contributed by atoms with Crippen LogP contribution in [-0.4, -0.2) is 14.6 Å². The first-order valence-electron chi connectivity index (χ1n) is 5.38. The van der Waals surface area contributed by atoms with Crippen LogP contribution in [0.15, 0.2) is 47.4 Å². The Morgan fingerprint density at radius 1 is 1.24 bits per heavy atom. The van der Waals surface area contributed by atoms with Gasteiger partial charge in [-0.15, -0.1) is 0 Å². The van der Waals surface area contributed by atoms with Crippen molar-refractivity contribution in [3.8, 4) is 11.3 Å². The van der Waals surface area contributed by atoms with Crippen LogP contribution in [0.1, 0.15) is 5.56 Å². The van der Waals surface area contributed by atoms with Crippen molar-refractivity contribution in [2.75, 3.05) is 0 Å². The second-order valence-corrected chi connectivity index (χ2v) is 4.01. The molecule has 3 aromatic rings. The van der Waals surface area contributed by atoms with Crippen molar-refractivity contribution in [2.45, 2.75) is 6.92 Å². The van der Waals surface area contributed by atoms with E-state index in [4.69, 9.17) is 0 Å². The number of hydrogen-bond donors (Lipinski definition) is 1. The number of nitrogens with one attached hydrogen (secondary N) is 1. The van der Waals surface area contributed by atoms with E-state index in [1.54, 1.807) is 12.3 Å². The standard InChI is InChI=1S/C13H11N3O/c1-9-3-2-4-10(7-9)11-8-13(17)16-12(15-11)5-6-14-16/h2-8,14H,1H3. The molecular formula is C13H11N3O. The van der Waals surface area contributed by atoms with Crippen LogP contribution in [0, 0.1) is 6.92 Å². The second-order valence-electron chi connectivity index (χ2n) is 4.01. The highest BCUT2D eigenvalue weighted by molar-refractivity contribution is 5.61. The van der Waals surface area contributed by atoms with E-state index >= 15 is 0 Å². The van der Waals surface area contributed by atoms with Gasteiger partial charge in [-0.3, -0.25) is 9.89 Å². The van der Waals surface area contributed by atoms with E-state index in [0.717, 1.165) is 11.1 Å². The van der Waals surface area contributed by atoms with Gasteiger partial charge < -0.3 is 0 Å². The van der Waals surface area contributed by atoms with Crippen LogP contribution < -0.4 is 5.56 Å². The number of aryl methyl sites for hydroxylation is 1. The zero-order valence-electron chi connectivity index (χ0n) is 9.34. The summed E-state index contributed by atoms with van der Waals surface area (Å²) in [5.41, 5.74) is 3.35. The van der Waals surface area contributed by atoms with Gasteiger partial charge in [0.15, 0.2) is 5.65 Å². The predicted molar refractivity (Wildman–Crippen MR) is 66.0 cm³/mol. The largest absolute Gasteiger partial charge is 0.297 e. The molecule has 4 nitrogen and oxygen atoms in total. The van der Waals surface area contributed by atoms with Crippen molar-refractivity contribution in [1.29, 1.82) is 0 Å². The average molecular weight is 225 g/mol. The average Bonchev–Trinajstić information content (AvgIpc) is 2.77. The Balaban J connectivity index is 2.27. The van der Waals surface area contributed by atoms with Gasteiger partial charge in [0.25, 0.3) is 5.56 Å². The van der Waals surface area contributed by atoms with E-state index in [9.17, 15) is 4.79 Å². The molecule has 1 N–H and O–H groups in total. The summed E-state index contributed by atoms with van der Waals surface area (Å²) >= 11 is 0. The lowest BCUT2D eigenvalue weighted by molar-refractivity contribution is 0.901. The van der Waals surface area contributed by atoms with Crippen LogP contribution in [0.5, 0.6) is 0 Å². The van der Waals surface area contributed by atoms with Gasteiger partial charge in [-0.05, 0) is 13.0 Å². The summed E-state index contributed by atoms with van der Waals surface area (Å²) < 4.78 is 1.42. The minimum atomic E-state index is -0.100. The molecule has 1 aromatic carbocycles. The van der Waals surface area contributed by atoms with Crippen molar-refractivity contribution in [3.63, 3.8) is 0 Å². The summed E-state index contributed by atoms with van der Waals surface area (Å²) in [4.78, 5) is 16.2. The topological polar surface area (TPSA) is 50.2 Å². The van der Waals surface area contributed by atoms with E-state index in [0.29, 0.717) is 11.3 Å². The SMILES string of the molecule is Cc1cccc(-c2cc(=O)n3[nH]ccc3n2)c1. The molecule has 2 aromatic heterocycles. The summed E-state index contributed by atoms with van der Waals surface area (Å²) in [6.07, 6.45) is 1.70. The summed E-state index contributed by atoms with van der Waals surface area (Å²) in [6.45, 7) is 2.02. The Kier molecular flexibility index (Phi) is 2.08. The maximum Gasteiger partial charge on any atom is 0.273 e. The van der Waals surface area contributed by atoms with E-state index < -0.39 is 0 Å². The molecule has 0 radical (unpaired) electrons. The molecule has 0 atom stereocenters. The molecule has 2 heterocycles.